The Morgan fingerprint density at radius 3 is 2.52 bits per heavy atom. The molecule has 9 heteroatoms. The average Bonchev–Trinajstić information content (AvgIpc) is 2.66. The van der Waals surface area contributed by atoms with E-state index in [1.165, 1.54) is 24.3 Å². The summed E-state index contributed by atoms with van der Waals surface area (Å²) in [6.45, 7) is 1.60. The monoisotopic (exact) mass is 496 g/mol. The van der Waals surface area contributed by atoms with Crippen molar-refractivity contribution in [2.45, 2.75) is 11.8 Å². The molecule has 1 amide bonds. The Bertz CT molecular complexity index is 1200. The molecule has 0 aromatic heterocycles. The molecule has 0 aliphatic heterocycles. The second-order valence-corrected chi connectivity index (χ2v) is 9.12. The molecule has 0 saturated heterocycles. The minimum absolute atomic E-state index is 0.0844. The van der Waals surface area contributed by atoms with Crippen molar-refractivity contribution in [3.8, 4) is 0 Å². The zero-order valence-electron chi connectivity index (χ0n) is 15.0. The topological polar surface area (TPSA) is 75.3 Å². The maximum Gasteiger partial charge on any atom is 0.262 e. The van der Waals surface area contributed by atoms with Gasteiger partial charge in [0.2, 0.25) is 0 Å². The molecule has 0 unspecified atom stereocenters. The first-order chi connectivity index (χ1) is 13.7. The van der Waals surface area contributed by atoms with Gasteiger partial charge in [0.05, 0.1) is 21.2 Å². The number of rotatable bonds is 5. The van der Waals surface area contributed by atoms with Crippen LogP contribution >= 0.6 is 27.5 Å². The Kier molecular flexibility index (Phi) is 6.26. The molecule has 0 aliphatic rings. The number of aryl methyl sites for hydroxylation is 1. The number of para-hydroxylation sites is 1. The normalized spacial score (nSPS) is 11.2. The molecule has 0 spiro atoms. The van der Waals surface area contributed by atoms with Gasteiger partial charge in [-0.1, -0.05) is 45.7 Å². The molecule has 3 aromatic rings. The quantitative estimate of drug-likeness (QED) is 0.481. The van der Waals surface area contributed by atoms with Crippen molar-refractivity contribution >= 4 is 54.8 Å². The van der Waals surface area contributed by atoms with E-state index in [2.05, 4.69) is 26.0 Å². The van der Waals surface area contributed by atoms with Crippen molar-refractivity contribution in [3.63, 3.8) is 0 Å². The third-order valence-electron chi connectivity index (χ3n) is 4.03. The lowest BCUT2D eigenvalue weighted by Crippen LogP contribution is -2.17. The minimum Gasteiger partial charge on any atom is -0.322 e. The van der Waals surface area contributed by atoms with Gasteiger partial charge in [0, 0.05) is 10.2 Å². The summed E-state index contributed by atoms with van der Waals surface area (Å²) in [5, 5.41) is 2.89. The van der Waals surface area contributed by atoms with Crippen LogP contribution in [0.2, 0.25) is 5.02 Å². The molecule has 0 atom stereocenters. The fourth-order valence-corrected chi connectivity index (χ4v) is 4.48. The largest absolute Gasteiger partial charge is 0.322 e. The number of nitrogens with one attached hydrogen (secondary N) is 2. The van der Waals surface area contributed by atoms with Crippen LogP contribution in [0.4, 0.5) is 15.8 Å². The zero-order valence-corrected chi connectivity index (χ0v) is 18.2. The summed E-state index contributed by atoms with van der Waals surface area (Å²) < 4.78 is 42.3. The van der Waals surface area contributed by atoms with Crippen LogP contribution in [0.3, 0.4) is 0 Å². The first kappa shape index (κ1) is 21.3. The van der Waals surface area contributed by atoms with Gasteiger partial charge in [0.25, 0.3) is 15.9 Å². The van der Waals surface area contributed by atoms with Crippen molar-refractivity contribution in [2.24, 2.45) is 0 Å². The number of hydrogen-bond donors (Lipinski definition) is 2. The van der Waals surface area contributed by atoms with Gasteiger partial charge in [-0.15, -0.1) is 0 Å². The number of hydrogen-bond acceptors (Lipinski definition) is 3. The number of carbonyl (C=O) groups is 1. The van der Waals surface area contributed by atoms with E-state index in [0.717, 1.165) is 6.07 Å². The standard InChI is InChI=1S/C20H15BrClFN2O3S/c1-12-6-8-14(24-20(26)15-10-13(21)7-9-16(15)22)11-19(12)29(27,28)25-18-5-3-2-4-17(18)23/h2-11,25H,1H3,(H,24,26). The lowest BCUT2D eigenvalue weighted by Gasteiger charge is -2.13. The third kappa shape index (κ3) is 4.95. The maximum absolute atomic E-state index is 13.8. The fourth-order valence-electron chi connectivity index (χ4n) is 2.58. The number of anilines is 2. The minimum atomic E-state index is -4.08. The lowest BCUT2D eigenvalue weighted by atomic mass is 10.2. The highest BCUT2D eigenvalue weighted by Crippen LogP contribution is 2.26. The first-order valence-electron chi connectivity index (χ1n) is 8.32. The number of benzene rings is 3. The molecule has 0 radical (unpaired) electrons. The van der Waals surface area contributed by atoms with Gasteiger partial charge < -0.3 is 5.32 Å². The van der Waals surface area contributed by atoms with Gasteiger partial charge in [-0.25, -0.2) is 12.8 Å². The van der Waals surface area contributed by atoms with E-state index in [-0.39, 0.29) is 26.9 Å². The Labute approximate surface area is 181 Å². The summed E-state index contributed by atoms with van der Waals surface area (Å²) in [5.41, 5.74) is 0.760. The van der Waals surface area contributed by atoms with Crippen molar-refractivity contribution in [2.75, 3.05) is 10.0 Å². The van der Waals surface area contributed by atoms with E-state index < -0.39 is 21.7 Å². The van der Waals surface area contributed by atoms with Gasteiger partial charge in [0.15, 0.2) is 0 Å². The van der Waals surface area contributed by atoms with Crippen LogP contribution in [0.1, 0.15) is 15.9 Å². The molecule has 0 aliphatic carbocycles. The van der Waals surface area contributed by atoms with E-state index in [0.29, 0.717) is 10.0 Å². The average molecular weight is 498 g/mol. The summed E-state index contributed by atoms with van der Waals surface area (Å²) in [6.07, 6.45) is 0. The summed E-state index contributed by atoms with van der Waals surface area (Å²) in [5.74, 6) is -1.19. The number of carbonyl (C=O) groups excluding carboxylic acids is 1. The Morgan fingerprint density at radius 1 is 1.07 bits per heavy atom. The molecule has 29 heavy (non-hydrogen) atoms. The molecule has 3 rings (SSSR count). The Morgan fingerprint density at radius 2 is 1.79 bits per heavy atom. The summed E-state index contributed by atoms with van der Waals surface area (Å²) >= 11 is 9.35. The number of sulfonamides is 1. The number of amides is 1. The van der Waals surface area contributed by atoms with Crippen LogP contribution in [0.25, 0.3) is 0 Å². The van der Waals surface area contributed by atoms with Crippen LogP contribution in [-0.4, -0.2) is 14.3 Å². The van der Waals surface area contributed by atoms with Gasteiger partial charge in [-0.3, -0.25) is 9.52 Å². The Balaban J connectivity index is 1.91. The van der Waals surface area contributed by atoms with E-state index in [1.807, 2.05) is 0 Å². The second-order valence-electron chi connectivity index (χ2n) is 6.14. The number of halogens is 3. The molecule has 2 N–H and O–H groups in total. The molecule has 0 heterocycles. The molecule has 0 saturated carbocycles. The molecule has 0 fully saturated rings. The lowest BCUT2D eigenvalue weighted by molar-refractivity contribution is 0.102. The van der Waals surface area contributed by atoms with Crippen LogP contribution in [-0.2, 0) is 10.0 Å². The van der Waals surface area contributed by atoms with E-state index in [9.17, 15) is 17.6 Å². The van der Waals surface area contributed by atoms with E-state index in [4.69, 9.17) is 11.6 Å². The van der Waals surface area contributed by atoms with Crippen molar-refractivity contribution in [1.29, 1.82) is 0 Å². The molecule has 5 nitrogen and oxygen atoms in total. The molecule has 3 aromatic carbocycles. The Hall–Kier alpha value is -2.42. The zero-order chi connectivity index (χ0) is 21.2. The van der Waals surface area contributed by atoms with Gasteiger partial charge in [-0.2, -0.15) is 0 Å². The highest BCUT2D eigenvalue weighted by atomic mass is 79.9. The highest BCUT2D eigenvalue weighted by Gasteiger charge is 2.20. The van der Waals surface area contributed by atoms with Crippen LogP contribution in [0.15, 0.2) is 70.0 Å². The van der Waals surface area contributed by atoms with Gasteiger partial charge >= 0.3 is 0 Å². The SMILES string of the molecule is Cc1ccc(NC(=O)c2cc(Br)ccc2Cl)cc1S(=O)(=O)Nc1ccccc1F. The van der Waals surface area contributed by atoms with Crippen LogP contribution < -0.4 is 10.0 Å². The van der Waals surface area contributed by atoms with Crippen molar-refractivity contribution < 1.29 is 17.6 Å². The third-order valence-corrected chi connectivity index (χ3v) is 6.36. The van der Waals surface area contributed by atoms with Crippen molar-refractivity contribution in [3.05, 3.63) is 87.1 Å². The van der Waals surface area contributed by atoms with E-state index >= 15 is 0 Å². The predicted molar refractivity (Wildman–Crippen MR) is 115 cm³/mol. The molecular weight excluding hydrogens is 483 g/mol. The fraction of sp³-hybridized carbons (Fsp3) is 0.0500. The van der Waals surface area contributed by atoms with Crippen molar-refractivity contribution in [1.82, 2.24) is 0 Å². The van der Waals surface area contributed by atoms with Gasteiger partial charge in [-0.05, 0) is 55.0 Å². The smallest absolute Gasteiger partial charge is 0.262 e. The molecule has 150 valence electrons. The maximum atomic E-state index is 13.8. The molecule has 0 bridgehead atoms. The van der Waals surface area contributed by atoms with E-state index in [1.54, 1.807) is 37.3 Å². The second kappa shape index (κ2) is 8.52. The summed E-state index contributed by atoms with van der Waals surface area (Å²) in [7, 11) is -4.08. The highest BCUT2D eigenvalue weighted by molar-refractivity contribution is 9.10. The summed E-state index contributed by atoms with van der Waals surface area (Å²) in [6, 6.07) is 14.7. The molecular formula is C20H15BrClFN2O3S. The van der Waals surface area contributed by atoms with Crippen LogP contribution in [0, 0.1) is 12.7 Å². The van der Waals surface area contributed by atoms with Crippen LogP contribution in [0.5, 0.6) is 0 Å². The summed E-state index contributed by atoms with van der Waals surface area (Å²) in [4.78, 5) is 12.5. The first-order valence-corrected chi connectivity index (χ1v) is 11.0. The van der Waals surface area contributed by atoms with Gasteiger partial charge in [0.1, 0.15) is 5.82 Å². The predicted octanol–water partition coefficient (Wildman–Crippen LogP) is 5.60.